The molecule has 0 fully saturated rings. The highest BCUT2D eigenvalue weighted by molar-refractivity contribution is 7.92. The van der Waals surface area contributed by atoms with Crippen molar-refractivity contribution in [1.82, 2.24) is 0 Å². The predicted octanol–water partition coefficient (Wildman–Crippen LogP) is 1.70. The predicted molar refractivity (Wildman–Crippen MR) is 107 cm³/mol. The van der Waals surface area contributed by atoms with Crippen LogP contribution >= 0.6 is 0 Å². The summed E-state index contributed by atoms with van der Waals surface area (Å²) in [4.78, 5) is 32.9. The quantitative estimate of drug-likeness (QED) is 0.492. The lowest BCUT2D eigenvalue weighted by Crippen LogP contribution is -2.23. The molecule has 0 saturated carbocycles. The zero-order chi connectivity index (χ0) is 21.8. The molecule has 2 N–H and O–H groups in total. The lowest BCUT2D eigenvalue weighted by molar-refractivity contribution is -0.388. The number of hydrogen-bond donors (Lipinski definition) is 2. The first-order valence-corrected chi connectivity index (χ1v) is 11.2. The van der Waals surface area contributed by atoms with Gasteiger partial charge in [-0.2, -0.15) is 0 Å². The summed E-state index contributed by atoms with van der Waals surface area (Å²) in [6, 6.07) is 9.04. The molecule has 0 aliphatic rings. The Labute approximate surface area is 168 Å². The highest BCUT2D eigenvalue weighted by Crippen LogP contribution is 2.27. The minimum atomic E-state index is -4.33. The molecule has 0 heterocycles. The fraction of sp³-hybridized carbons (Fsp3) is 0.176. The first kappa shape index (κ1) is 22.2. The second-order valence-corrected chi connectivity index (χ2v) is 9.24. The number of rotatable bonds is 7. The van der Waals surface area contributed by atoms with Crippen LogP contribution in [0.1, 0.15) is 6.92 Å². The van der Waals surface area contributed by atoms with Crippen LogP contribution in [0.4, 0.5) is 17.1 Å². The molecule has 1 atom stereocenters. The van der Waals surface area contributed by atoms with E-state index in [0.717, 1.165) is 12.1 Å². The maximum atomic E-state index is 12.5. The van der Waals surface area contributed by atoms with E-state index in [0.29, 0.717) is 5.69 Å². The molecule has 0 bridgehead atoms. The van der Waals surface area contributed by atoms with Crippen LogP contribution in [0, 0.1) is 10.1 Å². The van der Waals surface area contributed by atoms with Gasteiger partial charge in [-0.3, -0.25) is 23.9 Å². The number of carbonyl (C=O) groups is 2. The Morgan fingerprint density at radius 3 is 2.10 bits per heavy atom. The van der Waals surface area contributed by atoms with Crippen molar-refractivity contribution in [1.29, 1.82) is 0 Å². The van der Waals surface area contributed by atoms with Crippen molar-refractivity contribution in [3.63, 3.8) is 0 Å². The largest absolute Gasteiger partial charge is 0.326 e. The van der Waals surface area contributed by atoms with E-state index in [1.807, 2.05) is 0 Å². The molecule has 2 rings (SSSR count). The minimum absolute atomic E-state index is 0.0966. The monoisotopic (exact) mass is 439 g/mol. The smallest absolute Gasteiger partial charge is 0.289 e. The van der Waals surface area contributed by atoms with Gasteiger partial charge in [-0.25, -0.2) is 8.42 Å². The summed E-state index contributed by atoms with van der Waals surface area (Å²) >= 11 is 0. The summed E-state index contributed by atoms with van der Waals surface area (Å²) in [5.41, 5.74) is 0.0304. The maximum absolute atomic E-state index is 12.5. The van der Waals surface area contributed by atoms with E-state index in [-0.39, 0.29) is 16.5 Å². The molecule has 0 spiro atoms. The molecule has 2 amide bonds. The highest BCUT2D eigenvalue weighted by atomic mass is 32.2. The van der Waals surface area contributed by atoms with E-state index in [1.165, 1.54) is 43.5 Å². The van der Waals surface area contributed by atoms with Gasteiger partial charge in [0.15, 0.2) is 9.84 Å². The van der Waals surface area contributed by atoms with E-state index in [2.05, 4.69) is 10.6 Å². The Morgan fingerprint density at radius 1 is 1.07 bits per heavy atom. The summed E-state index contributed by atoms with van der Waals surface area (Å²) in [7, 11) is -5.87. The molecule has 0 radical (unpaired) electrons. The van der Waals surface area contributed by atoms with Gasteiger partial charge in [-0.05, 0) is 36.4 Å². The van der Waals surface area contributed by atoms with Gasteiger partial charge in [0.2, 0.25) is 11.8 Å². The molecule has 1 unspecified atom stereocenters. The van der Waals surface area contributed by atoms with Gasteiger partial charge in [0.05, 0.1) is 15.7 Å². The highest BCUT2D eigenvalue weighted by Gasteiger charge is 2.29. The first-order chi connectivity index (χ1) is 13.5. The van der Waals surface area contributed by atoms with Crippen LogP contribution in [-0.2, 0) is 30.2 Å². The summed E-state index contributed by atoms with van der Waals surface area (Å²) in [6.45, 7) is 1.34. The second kappa shape index (κ2) is 8.92. The number of amides is 2. The van der Waals surface area contributed by atoms with Crippen LogP contribution in [0.25, 0.3) is 0 Å². The second-order valence-electron chi connectivity index (χ2n) is 5.91. The molecule has 0 saturated heterocycles. The number of carbonyl (C=O) groups excluding carboxylic acids is 2. The Morgan fingerprint density at radius 2 is 1.62 bits per heavy atom. The van der Waals surface area contributed by atoms with Gasteiger partial charge < -0.3 is 10.6 Å². The van der Waals surface area contributed by atoms with Crippen molar-refractivity contribution >= 4 is 49.5 Å². The van der Waals surface area contributed by atoms with E-state index < -0.39 is 47.8 Å². The average molecular weight is 439 g/mol. The van der Waals surface area contributed by atoms with Crippen LogP contribution in [0.5, 0.6) is 0 Å². The Kier molecular flexibility index (Phi) is 6.82. The molecule has 2 aromatic rings. The topological polar surface area (TPSA) is 153 Å². The van der Waals surface area contributed by atoms with Gasteiger partial charge in [0, 0.05) is 35.5 Å². The fourth-order valence-corrected chi connectivity index (χ4v) is 4.21. The van der Waals surface area contributed by atoms with Gasteiger partial charge in [0.25, 0.3) is 5.69 Å². The molecule has 0 aromatic heterocycles. The van der Waals surface area contributed by atoms with Crippen molar-refractivity contribution in [2.75, 3.05) is 22.6 Å². The zero-order valence-corrected chi connectivity index (χ0v) is 17.0. The van der Waals surface area contributed by atoms with Crippen LogP contribution in [-0.4, -0.2) is 41.4 Å². The molecule has 0 aliphatic heterocycles. The van der Waals surface area contributed by atoms with Crippen LogP contribution in [0.15, 0.2) is 52.3 Å². The third kappa shape index (κ3) is 5.93. The molecule has 0 aliphatic carbocycles. The summed E-state index contributed by atoms with van der Waals surface area (Å²) in [5, 5.41) is 16.2. The van der Waals surface area contributed by atoms with E-state index in [9.17, 15) is 32.3 Å². The molecule has 12 heteroatoms. The minimum Gasteiger partial charge on any atom is -0.326 e. The fourth-order valence-electron chi connectivity index (χ4n) is 2.37. The Balaban J connectivity index is 2.20. The maximum Gasteiger partial charge on any atom is 0.289 e. The number of anilines is 2. The van der Waals surface area contributed by atoms with E-state index >= 15 is 0 Å². The SMILES string of the molecule is CC(=O)Nc1ccc(NC(=O)CS(=O)(=O)c2ccc(S(C)=O)cc2[N+](=O)[O-])cc1. The third-order valence-corrected chi connectivity index (χ3v) is 6.18. The average Bonchev–Trinajstić information content (AvgIpc) is 2.61. The molecule has 29 heavy (non-hydrogen) atoms. The summed E-state index contributed by atoms with van der Waals surface area (Å²) < 4.78 is 36.5. The number of nitrogens with one attached hydrogen (secondary N) is 2. The number of nitro benzene ring substituents is 1. The molecular formula is C17H17N3O7S2. The third-order valence-electron chi connectivity index (χ3n) is 3.60. The number of nitro groups is 1. The Bertz CT molecular complexity index is 1100. The first-order valence-electron chi connectivity index (χ1n) is 8.02. The lowest BCUT2D eigenvalue weighted by atomic mass is 10.3. The van der Waals surface area contributed by atoms with Crippen molar-refractivity contribution in [2.45, 2.75) is 16.7 Å². The van der Waals surface area contributed by atoms with Crippen LogP contribution in [0.2, 0.25) is 0 Å². The van der Waals surface area contributed by atoms with Gasteiger partial charge in [0.1, 0.15) is 10.6 Å². The summed E-state index contributed by atoms with van der Waals surface area (Å²) in [5.74, 6) is -2.18. The van der Waals surface area contributed by atoms with Crippen molar-refractivity contribution < 1.29 is 27.1 Å². The lowest BCUT2D eigenvalue weighted by Gasteiger charge is -2.09. The molecular weight excluding hydrogens is 422 g/mol. The van der Waals surface area contributed by atoms with Crippen molar-refractivity contribution in [2.24, 2.45) is 0 Å². The zero-order valence-electron chi connectivity index (χ0n) is 15.4. The van der Waals surface area contributed by atoms with Gasteiger partial charge >= 0.3 is 0 Å². The van der Waals surface area contributed by atoms with Gasteiger partial charge in [-0.1, -0.05) is 0 Å². The summed E-state index contributed by atoms with van der Waals surface area (Å²) in [6.07, 6.45) is 1.30. The van der Waals surface area contributed by atoms with Crippen molar-refractivity contribution in [3.8, 4) is 0 Å². The van der Waals surface area contributed by atoms with Crippen LogP contribution < -0.4 is 10.6 Å². The number of sulfone groups is 1. The standard InChI is InChI=1S/C17H17N3O7S2/c1-11(21)18-12-3-5-13(6-4-12)19-17(22)10-29(26,27)16-8-7-14(28(2)25)9-15(16)20(23)24/h3-9H,10H2,1-2H3,(H,18,21)(H,19,22). The Hall–Kier alpha value is -3.12. The van der Waals surface area contributed by atoms with E-state index in [1.54, 1.807) is 0 Å². The molecule has 2 aromatic carbocycles. The number of benzene rings is 2. The molecule has 10 nitrogen and oxygen atoms in total. The number of hydrogen-bond acceptors (Lipinski definition) is 7. The van der Waals surface area contributed by atoms with Crippen molar-refractivity contribution in [3.05, 3.63) is 52.6 Å². The normalized spacial score (nSPS) is 12.1. The molecule has 154 valence electrons. The number of nitrogens with zero attached hydrogens (tertiary/aromatic N) is 1. The van der Waals surface area contributed by atoms with Crippen LogP contribution in [0.3, 0.4) is 0 Å². The van der Waals surface area contributed by atoms with Gasteiger partial charge in [-0.15, -0.1) is 0 Å². The van der Waals surface area contributed by atoms with E-state index in [4.69, 9.17) is 0 Å².